The molecule has 156 valence electrons. The Hall–Kier alpha value is -3.15. The van der Waals surface area contributed by atoms with E-state index in [2.05, 4.69) is 9.44 Å². The maximum absolute atomic E-state index is 12.6. The molecule has 0 saturated heterocycles. The second-order valence-corrected chi connectivity index (χ2v) is 9.80. The van der Waals surface area contributed by atoms with Crippen LogP contribution in [0.25, 0.3) is 0 Å². The smallest absolute Gasteiger partial charge is 0.269 e. The summed E-state index contributed by atoms with van der Waals surface area (Å²) < 4.78 is 54.8. The van der Waals surface area contributed by atoms with E-state index >= 15 is 0 Å². The number of nitrogens with one attached hydrogen (secondary N) is 2. The zero-order chi connectivity index (χ0) is 21.9. The van der Waals surface area contributed by atoms with Crippen LogP contribution in [0.3, 0.4) is 0 Å². The number of nitrogens with zero attached hydrogens (tertiary/aromatic N) is 1. The molecule has 0 aromatic heterocycles. The number of nitro benzene ring substituents is 1. The molecule has 3 rings (SSSR count). The molecule has 30 heavy (non-hydrogen) atoms. The molecule has 0 bridgehead atoms. The summed E-state index contributed by atoms with van der Waals surface area (Å²) in [6, 6.07) is 15.5. The molecule has 0 amide bonds. The van der Waals surface area contributed by atoms with E-state index in [1.54, 1.807) is 0 Å². The molecular weight excluding hydrogens is 454 g/mol. The number of benzene rings is 3. The number of hydrogen-bond acceptors (Lipinski definition) is 6. The van der Waals surface area contributed by atoms with Gasteiger partial charge in [-0.05, 0) is 54.6 Å². The molecule has 0 fully saturated rings. The molecule has 0 aliphatic heterocycles. The largest absolute Gasteiger partial charge is 0.280 e. The third-order valence-corrected chi connectivity index (χ3v) is 6.88. The van der Waals surface area contributed by atoms with Crippen LogP contribution in [0.1, 0.15) is 0 Å². The molecule has 0 heterocycles. The molecular formula is C18H14ClN3O6S2. The number of non-ortho nitro benzene ring substituents is 1. The van der Waals surface area contributed by atoms with Crippen molar-refractivity contribution in [1.29, 1.82) is 0 Å². The molecule has 2 N–H and O–H groups in total. The standard InChI is InChI=1S/C18H14ClN3O6S2/c19-13-4-6-14(7-5-13)20-30(27,28)18-3-1-2-15(12-18)21-29(25,26)17-10-8-16(9-11-17)22(23)24/h1-12,20-21H. The van der Waals surface area contributed by atoms with Crippen LogP contribution in [0.2, 0.25) is 5.02 Å². The molecule has 9 nitrogen and oxygen atoms in total. The van der Waals surface area contributed by atoms with Gasteiger partial charge in [-0.1, -0.05) is 17.7 Å². The Labute approximate surface area is 177 Å². The Kier molecular flexibility index (Phi) is 5.97. The predicted octanol–water partition coefficient (Wildman–Crippen LogP) is 3.85. The van der Waals surface area contributed by atoms with Crippen LogP contribution in [-0.2, 0) is 20.0 Å². The van der Waals surface area contributed by atoms with E-state index in [0.29, 0.717) is 5.02 Å². The number of halogens is 1. The van der Waals surface area contributed by atoms with Gasteiger partial charge in [-0.15, -0.1) is 0 Å². The van der Waals surface area contributed by atoms with Crippen molar-refractivity contribution in [3.8, 4) is 0 Å². The lowest BCUT2D eigenvalue weighted by Crippen LogP contribution is -2.15. The maximum atomic E-state index is 12.6. The molecule has 3 aromatic rings. The summed E-state index contributed by atoms with van der Waals surface area (Å²) in [5, 5.41) is 11.1. The zero-order valence-electron chi connectivity index (χ0n) is 15.0. The third kappa shape index (κ3) is 5.06. The second-order valence-electron chi connectivity index (χ2n) is 6.00. The summed E-state index contributed by atoms with van der Waals surface area (Å²) in [5.41, 5.74) is 0.0407. The maximum Gasteiger partial charge on any atom is 0.269 e. The van der Waals surface area contributed by atoms with Crippen LogP contribution in [0.4, 0.5) is 17.1 Å². The van der Waals surface area contributed by atoms with Gasteiger partial charge in [0, 0.05) is 22.8 Å². The first-order valence-electron chi connectivity index (χ1n) is 8.23. The lowest BCUT2D eigenvalue weighted by Gasteiger charge is -2.11. The third-order valence-electron chi connectivity index (χ3n) is 3.85. The molecule has 0 radical (unpaired) electrons. The average molecular weight is 468 g/mol. The average Bonchev–Trinajstić information content (AvgIpc) is 2.69. The summed E-state index contributed by atoms with van der Waals surface area (Å²) in [6.07, 6.45) is 0. The number of hydrogen-bond donors (Lipinski definition) is 2. The van der Waals surface area contributed by atoms with Crippen LogP contribution in [0.15, 0.2) is 82.6 Å². The van der Waals surface area contributed by atoms with Crippen LogP contribution >= 0.6 is 11.6 Å². The minimum atomic E-state index is -4.08. The van der Waals surface area contributed by atoms with Crippen LogP contribution in [0, 0.1) is 10.1 Å². The van der Waals surface area contributed by atoms with Gasteiger partial charge in [0.25, 0.3) is 25.7 Å². The van der Waals surface area contributed by atoms with Crippen molar-refractivity contribution in [3.63, 3.8) is 0 Å². The van der Waals surface area contributed by atoms with Gasteiger partial charge in [-0.2, -0.15) is 0 Å². The van der Waals surface area contributed by atoms with Crippen molar-refractivity contribution in [3.05, 3.63) is 87.9 Å². The van der Waals surface area contributed by atoms with E-state index < -0.39 is 25.0 Å². The van der Waals surface area contributed by atoms with Crippen molar-refractivity contribution >= 4 is 48.7 Å². The van der Waals surface area contributed by atoms with Crippen molar-refractivity contribution in [1.82, 2.24) is 0 Å². The second kappa shape index (κ2) is 8.30. The summed E-state index contributed by atoms with van der Waals surface area (Å²) in [4.78, 5) is 9.68. The Morgan fingerprint density at radius 1 is 0.733 bits per heavy atom. The Morgan fingerprint density at radius 2 is 1.30 bits per heavy atom. The summed E-state index contributed by atoms with van der Waals surface area (Å²) in [5.74, 6) is 0. The van der Waals surface area contributed by atoms with E-state index in [-0.39, 0.29) is 26.9 Å². The minimum absolute atomic E-state index is 0.00679. The highest BCUT2D eigenvalue weighted by Crippen LogP contribution is 2.23. The van der Waals surface area contributed by atoms with Crippen LogP contribution < -0.4 is 9.44 Å². The van der Waals surface area contributed by atoms with E-state index in [1.165, 1.54) is 42.5 Å². The van der Waals surface area contributed by atoms with E-state index in [9.17, 15) is 26.9 Å². The topological polar surface area (TPSA) is 135 Å². The number of sulfonamides is 2. The van der Waals surface area contributed by atoms with Crippen molar-refractivity contribution in [2.45, 2.75) is 9.79 Å². The van der Waals surface area contributed by atoms with Gasteiger partial charge in [0.05, 0.1) is 20.4 Å². The molecule has 12 heteroatoms. The van der Waals surface area contributed by atoms with Gasteiger partial charge >= 0.3 is 0 Å². The summed E-state index contributed by atoms with van der Waals surface area (Å²) >= 11 is 5.78. The fourth-order valence-corrected chi connectivity index (χ4v) is 4.70. The molecule has 0 saturated carbocycles. The SMILES string of the molecule is O=[N+]([O-])c1ccc(S(=O)(=O)Nc2cccc(S(=O)(=O)Nc3ccc(Cl)cc3)c2)cc1. The first kappa shape index (κ1) is 21.6. The monoisotopic (exact) mass is 467 g/mol. The molecule has 0 spiro atoms. The molecule has 0 aliphatic rings. The highest BCUT2D eigenvalue weighted by Gasteiger charge is 2.19. The zero-order valence-corrected chi connectivity index (χ0v) is 17.4. The lowest BCUT2D eigenvalue weighted by molar-refractivity contribution is -0.384. The first-order chi connectivity index (χ1) is 14.1. The molecule has 0 aliphatic carbocycles. The van der Waals surface area contributed by atoms with Crippen molar-refractivity contribution in [2.24, 2.45) is 0 Å². The predicted molar refractivity (Wildman–Crippen MR) is 113 cm³/mol. The van der Waals surface area contributed by atoms with E-state index in [0.717, 1.165) is 30.3 Å². The number of anilines is 2. The van der Waals surface area contributed by atoms with Crippen molar-refractivity contribution < 1.29 is 21.8 Å². The van der Waals surface area contributed by atoms with Gasteiger partial charge in [-0.25, -0.2) is 16.8 Å². The van der Waals surface area contributed by atoms with Gasteiger partial charge in [-0.3, -0.25) is 19.6 Å². The normalized spacial score (nSPS) is 11.6. The van der Waals surface area contributed by atoms with Gasteiger partial charge < -0.3 is 0 Å². The van der Waals surface area contributed by atoms with Crippen LogP contribution in [0.5, 0.6) is 0 Å². The van der Waals surface area contributed by atoms with Gasteiger partial charge in [0.2, 0.25) is 0 Å². The molecule has 0 atom stereocenters. The minimum Gasteiger partial charge on any atom is -0.280 e. The highest BCUT2D eigenvalue weighted by atomic mass is 35.5. The van der Waals surface area contributed by atoms with Gasteiger partial charge in [0.1, 0.15) is 0 Å². The fourth-order valence-electron chi connectivity index (χ4n) is 2.42. The highest BCUT2D eigenvalue weighted by molar-refractivity contribution is 7.93. The van der Waals surface area contributed by atoms with Crippen LogP contribution in [-0.4, -0.2) is 21.8 Å². The fraction of sp³-hybridized carbons (Fsp3) is 0. The van der Waals surface area contributed by atoms with E-state index in [4.69, 9.17) is 11.6 Å². The summed E-state index contributed by atoms with van der Waals surface area (Å²) in [7, 11) is -8.07. The number of nitro groups is 1. The number of rotatable bonds is 7. The van der Waals surface area contributed by atoms with E-state index in [1.807, 2.05) is 0 Å². The Bertz CT molecular complexity index is 1290. The molecule has 0 unspecified atom stereocenters. The Morgan fingerprint density at radius 3 is 1.90 bits per heavy atom. The molecule has 3 aromatic carbocycles. The Balaban J connectivity index is 1.83. The lowest BCUT2D eigenvalue weighted by atomic mass is 10.3. The summed E-state index contributed by atoms with van der Waals surface area (Å²) in [6.45, 7) is 0. The van der Waals surface area contributed by atoms with Crippen molar-refractivity contribution in [2.75, 3.05) is 9.44 Å². The first-order valence-corrected chi connectivity index (χ1v) is 11.6. The quantitative estimate of drug-likeness (QED) is 0.400. The van der Waals surface area contributed by atoms with Gasteiger partial charge in [0.15, 0.2) is 0 Å².